The minimum Gasteiger partial charge on any atom is -0.466 e. The molecular weight excluding hydrogens is 436 g/mol. The van der Waals surface area contributed by atoms with Crippen molar-refractivity contribution >= 4 is 35.9 Å². The molecule has 0 saturated heterocycles. The minimum absolute atomic E-state index is 0. The Balaban J connectivity index is 0.00000312. The van der Waals surface area contributed by atoms with Crippen LogP contribution < -0.4 is 10.6 Å². The van der Waals surface area contributed by atoms with E-state index in [0.717, 1.165) is 18.4 Å². The smallest absolute Gasteiger partial charge is 0.305 e. The zero-order valence-electron chi connectivity index (χ0n) is 14.8. The average molecular weight is 463 g/mol. The fourth-order valence-corrected chi connectivity index (χ4v) is 2.68. The summed E-state index contributed by atoms with van der Waals surface area (Å²) in [7, 11) is 1.71. The van der Waals surface area contributed by atoms with E-state index in [1.54, 1.807) is 26.1 Å². The number of nitrogens with one attached hydrogen (secondary N) is 2. The number of guanidine groups is 1. The Morgan fingerprint density at radius 3 is 2.72 bits per heavy atom. The maximum Gasteiger partial charge on any atom is 0.305 e. The van der Waals surface area contributed by atoms with Crippen molar-refractivity contribution in [3.05, 3.63) is 35.6 Å². The van der Waals surface area contributed by atoms with Gasteiger partial charge >= 0.3 is 5.97 Å². The second-order valence-electron chi connectivity index (χ2n) is 6.05. The lowest BCUT2D eigenvalue weighted by atomic mass is 9.96. The van der Waals surface area contributed by atoms with E-state index in [9.17, 15) is 9.18 Å². The number of carbonyl (C=O) groups is 1. The second kappa shape index (κ2) is 10.6. The number of aliphatic imine (C=N–C) groups is 1. The first kappa shape index (κ1) is 21.7. The molecule has 25 heavy (non-hydrogen) atoms. The van der Waals surface area contributed by atoms with E-state index in [4.69, 9.17) is 4.74 Å². The van der Waals surface area contributed by atoms with Crippen LogP contribution in [0.4, 0.5) is 4.39 Å². The normalized spacial score (nSPS) is 15.1. The summed E-state index contributed by atoms with van der Waals surface area (Å²) in [5.41, 5.74) is 1.04. The summed E-state index contributed by atoms with van der Waals surface area (Å²) in [6.07, 6.45) is 3.17. The summed E-state index contributed by atoms with van der Waals surface area (Å²) in [4.78, 5) is 15.5. The monoisotopic (exact) mass is 463 g/mol. The molecule has 0 radical (unpaired) electrons. The topological polar surface area (TPSA) is 62.7 Å². The van der Waals surface area contributed by atoms with Crippen molar-refractivity contribution in [3.8, 4) is 0 Å². The van der Waals surface area contributed by atoms with Gasteiger partial charge in [0, 0.05) is 32.0 Å². The van der Waals surface area contributed by atoms with Crippen molar-refractivity contribution in [1.29, 1.82) is 0 Å². The Morgan fingerprint density at radius 2 is 2.12 bits per heavy atom. The molecule has 1 aromatic rings. The number of hydrogen-bond acceptors (Lipinski definition) is 3. The Kier molecular flexibility index (Phi) is 9.16. The molecule has 0 aromatic heterocycles. The van der Waals surface area contributed by atoms with Crippen LogP contribution in [0.5, 0.6) is 0 Å². The van der Waals surface area contributed by atoms with Gasteiger partial charge < -0.3 is 15.4 Å². The Morgan fingerprint density at radius 1 is 1.36 bits per heavy atom. The van der Waals surface area contributed by atoms with Crippen molar-refractivity contribution < 1.29 is 13.9 Å². The number of ether oxygens (including phenoxy) is 1. The summed E-state index contributed by atoms with van der Waals surface area (Å²) >= 11 is 0. The fourth-order valence-electron chi connectivity index (χ4n) is 2.68. The third kappa shape index (κ3) is 6.80. The highest BCUT2D eigenvalue weighted by atomic mass is 127. The molecule has 0 atom stereocenters. The molecule has 1 aliphatic carbocycles. The van der Waals surface area contributed by atoms with Crippen LogP contribution in [-0.2, 0) is 14.9 Å². The molecule has 1 aliphatic rings. The maximum atomic E-state index is 13.4. The molecule has 1 fully saturated rings. The molecule has 7 heteroatoms. The van der Waals surface area contributed by atoms with Crippen molar-refractivity contribution in [1.82, 2.24) is 10.6 Å². The van der Waals surface area contributed by atoms with Crippen LogP contribution >= 0.6 is 24.0 Å². The molecule has 140 valence electrons. The summed E-state index contributed by atoms with van der Waals surface area (Å²) in [5.74, 6) is 0.326. The highest BCUT2D eigenvalue weighted by Crippen LogP contribution is 2.47. The van der Waals surface area contributed by atoms with Gasteiger partial charge in [0.25, 0.3) is 0 Å². The van der Waals surface area contributed by atoms with E-state index in [1.807, 2.05) is 6.07 Å². The summed E-state index contributed by atoms with van der Waals surface area (Å²) < 4.78 is 18.3. The molecule has 0 heterocycles. The minimum atomic E-state index is -0.194. The van der Waals surface area contributed by atoms with Crippen LogP contribution in [0.25, 0.3) is 0 Å². The standard InChI is InChI=1S/C18H26FN3O2.HI/c1-3-24-16(23)8-5-11-21-17(20-2)22-13-18(9-10-18)14-6-4-7-15(19)12-14;/h4,6-7,12H,3,5,8-11,13H2,1-2H3,(H2,20,21,22);1H. The van der Waals surface area contributed by atoms with Gasteiger partial charge in [0.1, 0.15) is 5.82 Å². The lowest BCUT2D eigenvalue weighted by Gasteiger charge is -2.19. The second-order valence-corrected chi connectivity index (χ2v) is 6.05. The molecular formula is C18H27FIN3O2. The number of hydrogen-bond donors (Lipinski definition) is 2. The molecule has 0 spiro atoms. The van der Waals surface area contributed by atoms with Crippen LogP contribution in [0.3, 0.4) is 0 Å². The maximum absolute atomic E-state index is 13.4. The SMILES string of the molecule is CCOC(=O)CCCNC(=NC)NCC1(c2cccc(F)c2)CC1.I. The molecule has 0 bridgehead atoms. The van der Waals surface area contributed by atoms with Crippen LogP contribution in [0.2, 0.25) is 0 Å². The third-order valence-corrected chi connectivity index (χ3v) is 4.26. The molecule has 0 aliphatic heterocycles. The van der Waals surface area contributed by atoms with Gasteiger partial charge in [-0.25, -0.2) is 4.39 Å². The first-order valence-electron chi connectivity index (χ1n) is 8.46. The van der Waals surface area contributed by atoms with Gasteiger partial charge in [-0.1, -0.05) is 12.1 Å². The Labute approximate surface area is 165 Å². The molecule has 5 nitrogen and oxygen atoms in total. The first-order valence-corrected chi connectivity index (χ1v) is 8.46. The molecule has 0 amide bonds. The van der Waals surface area contributed by atoms with E-state index < -0.39 is 0 Å². The summed E-state index contributed by atoms with van der Waals surface area (Å²) in [6, 6.07) is 6.82. The highest BCUT2D eigenvalue weighted by Gasteiger charge is 2.44. The van der Waals surface area contributed by atoms with E-state index >= 15 is 0 Å². The van der Waals surface area contributed by atoms with Crippen LogP contribution in [0.1, 0.15) is 38.2 Å². The van der Waals surface area contributed by atoms with Gasteiger partial charge in [-0.05, 0) is 43.9 Å². The van der Waals surface area contributed by atoms with Gasteiger partial charge in [-0.2, -0.15) is 0 Å². The van der Waals surface area contributed by atoms with Crippen molar-refractivity contribution in [2.45, 2.75) is 38.0 Å². The largest absolute Gasteiger partial charge is 0.466 e. The van der Waals surface area contributed by atoms with Gasteiger partial charge in [0.15, 0.2) is 5.96 Å². The van der Waals surface area contributed by atoms with Crippen molar-refractivity contribution in [2.24, 2.45) is 4.99 Å². The van der Waals surface area contributed by atoms with E-state index in [-0.39, 0.29) is 41.2 Å². The van der Waals surface area contributed by atoms with Crippen LogP contribution in [0, 0.1) is 5.82 Å². The van der Waals surface area contributed by atoms with Crippen LogP contribution in [-0.4, -0.2) is 38.7 Å². The van der Waals surface area contributed by atoms with Crippen molar-refractivity contribution in [3.63, 3.8) is 0 Å². The number of halogens is 2. The number of rotatable bonds is 8. The Hall–Kier alpha value is -1.38. The van der Waals surface area contributed by atoms with Gasteiger partial charge in [-0.3, -0.25) is 9.79 Å². The van der Waals surface area contributed by atoms with Gasteiger partial charge in [0.05, 0.1) is 6.61 Å². The number of carbonyl (C=O) groups excluding carboxylic acids is 1. The zero-order valence-corrected chi connectivity index (χ0v) is 17.1. The lowest BCUT2D eigenvalue weighted by molar-refractivity contribution is -0.143. The number of benzene rings is 1. The number of nitrogens with zero attached hydrogens (tertiary/aromatic N) is 1. The lowest BCUT2D eigenvalue weighted by Crippen LogP contribution is -2.41. The average Bonchev–Trinajstić information content (AvgIpc) is 3.36. The van der Waals surface area contributed by atoms with Gasteiger partial charge in [-0.15, -0.1) is 24.0 Å². The highest BCUT2D eigenvalue weighted by molar-refractivity contribution is 14.0. The van der Waals surface area contributed by atoms with E-state index in [0.29, 0.717) is 38.5 Å². The van der Waals surface area contributed by atoms with Crippen LogP contribution in [0.15, 0.2) is 29.3 Å². The fraction of sp³-hybridized carbons (Fsp3) is 0.556. The number of esters is 1. The quantitative estimate of drug-likeness (QED) is 0.205. The summed E-state index contributed by atoms with van der Waals surface area (Å²) in [6.45, 7) is 3.57. The molecule has 2 N–H and O–H groups in total. The Bertz CT molecular complexity index is 591. The molecule has 1 saturated carbocycles. The van der Waals surface area contributed by atoms with Gasteiger partial charge in [0.2, 0.25) is 0 Å². The molecule has 1 aromatic carbocycles. The van der Waals surface area contributed by atoms with E-state index in [1.165, 1.54) is 6.07 Å². The first-order chi connectivity index (χ1) is 11.6. The predicted molar refractivity (Wildman–Crippen MR) is 108 cm³/mol. The predicted octanol–water partition coefficient (Wildman–Crippen LogP) is 2.98. The zero-order chi connectivity index (χ0) is 17.4. The molecule has 2 rings (SSSR count). The summed E-state index contributed by atoms with van der Waals surface area (Å²) in [5, 5.41) is 6.49. The molecule has 0 unspecified atom stereocenters. The van der Waals surface area contributed by atoms with Crippen molar-refractivity contribution in [2.75, 3.05) is 26.7 Å². The third-order valence-electron chi connectivity index (χ3n) is 4.26. The van der Waals surface area contributed by atoms with E-state index in [2.05, 4.69) is 15.6 Å².